The Morgan fingerprint density at radius 3 is 2.64 bits per heavy atom. The molecule has 28 heavy (non-hydrogen) atoms. The van der Waals surface area contributed by atoms with E-state index < -0.39 is 11.8 Å². The number of carbonyl (C=O) groups is 1. The van der Waals surface area contributed by atoms with Crippen molar-refractivity contribution in [2.45, 2.75) is 25.2 Å². The van der Waals surface area contributed by atoms with Crippen LogP contribution in [0.5, 0.6) is 11.8 Å². The standard InChI is InChI=1S/C19H16FN5O3/c20-16-12(14-8-24-15(21)9-23-14)5-4-11(10-2-1-3-10)17(16)28-19-22-7-6-13(25-19)18(26)27/h4-10H,1-3H2,(H2,21,24)(H,26,27). The summed E-state index contributed by atoms with van der Waals surface area (Å²) >= 11 is 0. The summed E-state index contributed by atoms with van der Waals surface area (Å²) in [6, 6.07) is 4.42. The Balaban J connectivity index is 1.78. The minimum Gasteiger partial charge on any atom is -0.477 e. The number of carboxylic acids is 1. The van der Waals surface area contributed by atoms with Gasteiger partial charge < -0.3 is 15.6 Å². The lowest BCUT2D eigenvalue weighted by Gasteiger charge is -2.28. The number of hydrogen-bond donors (Lipinski definition) is 2. The summed E-state index contributed by atoms with van der Waals surface area (Å²) in [6.45, 7) is 0. The van der Waals surface area contributed by atoms with E-state index in [0.717, 1.165) is 19.3 Å². The molecule has 3 aromatic rings. The van der Waals surface area contributed by atoms with Crippen LogP contribution < -0.4 is 10.5 Å². The Morgan fingerprint density at radius 2 is 2.00 bits per heavy atom. The molecule has 1 aromatic carbocycles. The average molecular weight is 381 g/mol. The topological polar surface area (TPSA) is 124 Å². The van der Waals surface area contributed by atoms with E-state index in [4.69, 9.17) is 15.6 Å². The molecule has 0 radical (unpaired) electrons. The van der Waals surface area contributed by atoms with Gasteiger partial charge in [-0.2, -0.15) is 4.98 Å². The van der Waals surface area contributed by atoms with E-state index in [0.29, 0.717) is 11.3 Å². The predicted octanol–water partition coefficient (Wildman–Crippen LogP) is 3.41. The van der Waals surface area contributed by atoms with Crippen LogP contribution in [0.15, 0.2) is 36.8 Å². The first-order valence-corrected chi connectivity index (χ1v) is 8.67. The van der Waals surface area contributed by atoms with E-state index in [-0.39, 0.29) is 34.8 Å². The third kappa shape index (κ3) is 3.34. The molecule has 0 amide bonds. The van der Waals surface area contributed by atoms with Gasteiger partial charge in [0, 0.05) is 17.3 Å². The highest BCUT2D eigenvalue weighted by molar-refractivity contribution is 5.85. The number of ether oxygens (including phenoxy) is 1. The van der Waals surface area contributed by atoms with Gasteiger partial charge in [-0.25, -0.2) is 19.2 Å². The van der Waals surface area contributed by atoms with E-state index in [1.165, 1.54) is 24.7 Å². The highest BCUT2D eigenvalue weighted by Gasteiger charge is 2.28. The summed E-state index contributed by atoms with van der Waals surface area (Å²) in [4.78, 5) is 26.9. The molecule has 142 valence electrons. The first-order chi connectivity index (χ1) is 13.5. The number of nitrogens with zero attached hydrogens (tertiary/aromatic N) is 4. The zero-order chi connectivity index (χ0) is 19.7. The van der Waals surface area contributed by atoms with E-state index in [1.807, 2.05) is 0 Å². The fourth-order valence-electron chi connectivity index (χ4n) is 2.99. The number of anilines is 1. The number of benzene rings is 1. The van der Waals surface area contributed by atoms with Crippen molar-refractivity contribution in [2.75, 3.05) is 5.73 Å². The van der Waals surface area contributed by atoms with Gasteiger partial charge in [0.1, 0.15) is 5.82 Å². The van der Waals surface area contributed by atoms with Crippen molar-refractivity contribution in [2.24, 2.45) is 0 Å². The van der Waals surface area contributed by atoms with E-state index >= 15 is 4.39 Å². The number of carboxylic acid groups (broad SMARTS) is 1. The van der Waals surface area contributed by atoms with Gasteiger partial charge in [-0.05, 0) is 30.9 Å². The van der Waals surface area contributed by atoms with Gasteiger partial charge >= 0.3 is 12.0 Å². The Hall–Kier alpha value is -3.62. The van der Waals surface area contributed by atoms with Gasteiger partial charge in [-0.3, -0.25) is 4.98 Å². The maximum atomic E-state index is 15.4. The quantitative estimate of drug-likeness (QED) is 0.689. The normalized spacial score (nSPS) is 13.8. The molecule has 8 nitrogen and oxygen atoms in total. The van der Waals surface area contributed by atoms with Crippen molar-refractivity contribution < 1.29 is 19.0 Å². The smallest absolute Gasteiger partial charge is 0.354 e. The van der Waals surface area contributed by atoms with Crippen molar-refractivity contribution in [1.29, 1.82) is 0 Å². The molecule has 0 unspecified atom stereocenters. The molecule has 0 spiro atoms. The molecular formula is C19H16FN5O3. The fourth-order valence-corrected chi connectivity index (χ4v) is 2.99. The average Bonchev–Trinajstić information content (AvgIpc) is 2.64. The Kier molecular flexibility index (Phi) is 4.56. The van der Waals surface area contributed by atoms with E-state index in [1.54, 1.807) is 12.1 Å². The molecule has 4 rings (SSSR count). The van der Waals surface area contributed by atoms with Gasteiger partial charge in [-0.1, -0.05) is 12.5 Å². The molecule has 9 heteroatoms. The summed E-state index contributed by atoms with van der Waals surface area (Å²) in [7, 11) is 0. The second-order valence-electron chi connectivity index (χ2n) is 6.43. The highest BCUT2D eigenvalue weighted by Crippen LogP contribution is 2.44. The van der Waals surface area contributed by atoms with Crippen molar-refractivity contribution in [3.63, 3.8) is 0 Å². The summed E-state index contributed by atoms with van der Waals surface area (Å²) in [6.07, 6.45) is 6.88. The van der Waals surface area contributed by atoms with Crippen LogP contribution in [0.1, 0.15) is 41.2 Å². The number of rotatable bonds is 5. The molecule has 2 aromatic heterocycles. The van der Waals surface area contributed by atoms with Crippen LogP contribution in [0, 0.1) is 5.82 Å². The lowest BCUT2D eigenvalue weighted by Crippen LogP contribution is -2.12. The predicted molar refractivity (Wildman–Crippen MR) is 97.5 cm³/mol. The number of halogens is 1. The van der Waals surface area contributed by atoms with Crippen molar-refractivity contribution in [3.05, 3.63) is 53.9 Å². The largest absolute Gasteiger partial charge is 0.477 e. The number of hydrogen-bond acceptors (Lipinski definition) is 7. The first-order valence-electron chi connectivity index (χ1n) is 8.67. The molecular weight excluding hydrogens is 365 g/mol. The second kappa shape index (κ2) is 7.18. The minimum atomic E-state index is -1.22. The van der Waals surface area contributed by atoms with Crippen LogP contribution in [-0.2, 0) is 0 Å². The summed E-state index contributed by atoms with van der Waals surface area (Å²) < 4.78 is 21.0. The van der Waals surface area contributed by atoms with E-state index in [9.17, 15) is 4.79 Å². The minimum absolute atomic E-state index is 0.0247. The van der Waals surface area contributed by atoms with Crippen molar-refractivity contribution in [1.82, 2.24) is 19.9 Å². The second-order valence-corrected chi connectivity index (χ2v) is 6.43. The molecule has 1 saturated carbocycles. The number of aromatic carboxylic acids is 1. The Labute approximate surface area is 159 Å². The van der Waals surface area contributed by atoms with Gasteiger partial charge in [-0.15, -0.1) is 0 Å². The highest BCUT2D eigenvalue weighted by atomic mass is 19.1. The van der Waals surface area contributed by atoms with Gasteiger partial charge in [0.2, 0.25) is 0 Å². The van der Waals surface area contributed by atoms with Crippen molar-refractivity contribution in [3.8, 4) is 23.0 Å². The maximum absolute atomic E-state index is 15.4. The molecule has 2 heterocycles. The third-order valence-electron chi connectivity index (χ3n) is 4.67. The zero-order valence-corrected chi connectivity index (χ0v) is 14.7. The summed E-state index contributed by atoms with van der Waals surface area (Å²) in [5, 5.41) is 9.09. The lowest BCUT2D eigenvalue weighted by atomic mass is 9.79. The van der Waals surface area contributed by atoms with Crippen LogP contribution in [0.2, 0.25) is 0 Å². The first kappa shape index (κ1) is 17.8. The summed E-state index contributed by atoms with van der Waals surface area (Å²) in [5.41, 5.74) is 6.50. The summed E-state index contributed by atoms with van der Waals surface area (Å²) in [5.74, 6) is -1.49. The zero-order valence-electron chi connectivity index (χ0n) is 14.7. The van der Waals surface area contributed by atoms with Crippen LogP contribution in [0.25, 0.3) is 11.3 Å². The number of nitrogen functional groups attached to an aromatic ring is 1. The van der Waals surface area contributed by atoms with Crippen LogP contribution in [-0.4, -0.2) is 31.0 Å². The molecule has 0 saturated heterocycles. The third-order valence-corrected chi connectivity index (χ3v) is 4.67. The number of aromatic nitrogens is 4. The molecule has 3 N–H and O–H groups in total. The Bertz CT molecular complexity index is 1040. The number of nitrogens with two attached hydrogens (primary N) is 1. The lowest BCUT2D eigenvalue weighted by molar-refractivity contribution is 0.0689. The maximum Gasteiger partial charge on any atom is 0.354 e. The molecule has 0 atom stereocenters. The molecule has 0 bridgehead atoms. The van der Waals surface area contributed by atoms with Gasteiger partial charge in [0.15, 0.2) is 17.3 Å². The van der Waals surface area contributed by atoms with E-state index in [2.05, 4.69) is 19.9 Å². The fraction of sp³-hybridized carbons (Fsp3) is 0.211. The molecule has 0 aliphatic heterocycles. The monoisotopic (exact) mass is 381 g/mol. The van der Waals surface area contributed by atoms with Crippen LogP contribution in [0.3, 0.4) is 0 Å². The van der Waals surface area contributed by atoms with Gasteiger partial charge in [0.05, 0.1) is 18.1 Å². The van der Waals surface area contributed by atoms with Gasteiger partial charge in [0.25, 0.3) is 0 Å². The van der Waals surface area contributed by atoms with Crippen LogP contribution >= 0.6 is 0 Å². The molecule has 1 fully saturated rings. The molecule has 1 aliphatic carbocycles. The Morgan fingerprint density at radius 1 is 1.18 bits per heavy atom. The SMILES string of the molecule is Nc1cnc(-c2ccc(C3CCC3)c(Oc3nccc(C(=O)O)n3)c2F)cn1. The molecule has 1 aliphatic rings. The van der Waals surface area contributed by atoms with Crippen LogP contribution in [0.4, 0.5) is 10.2 Å². The van der Waals surface area contributed by atoms with Crippen molar-refractivity contribution >= 4 is 11.8 Å².